The molecule has 24 heavy (non-hydrogen) atoms. The first-order chi connectivity index (χ1) is 11.1. The fraction of sp³-hybridized carbons (Fsp3) is 0.412. The van der Waals surface area contributed by atoms with Gasteiger partial charge in [0.05, 0.1) is 10.6 Å². The molecule has 0 fully saturated rings. The van der Waals surface area contributed by atoms with Crippen LogP contribution in [-0.4, -0.2) is 23.9 Å². The molecule has 0 aliphatic carbocycles. The number of nitrogens with zero attached hydrogens (tertiary/aromatic N) is 2. The number of hydrogen-bond acceptors (Lipinski definition) is 4. The zero-order chi connectivity index (χ0) is 18.0. The van der Waals surface area contributed by atoms with Crippen molar-refractivity contribution in [2.24, 2.45) is 0 Å². The van der Waals surface area contributed by atoms with E-state index in [4.69, 9.17) is 11.6 Å². The van der Waals surface area contributed by atoms with Gasteiger partial charge < -0.3 is 0 Å². The highest BCUT2D eigenvalue weighted by molar-refractivity contribution is 7.89. The van der Waals surface area contributed by atoms with Gasteiger partial charge in [-0.3, -0.25) is 0 Å². The monoisotopic (exact) mass is 367 g/mol. The third-order valence-electron chi connectivity index (χ3n) is 3.33. The van der Waals surface area contributed by atoms with Crippen LogP contribution in [-0.2, 0) is 22.9 Å². The quantitative estimate of drug-likeness (QED) is 0.822. The molecule has 1 aromatic heterocycles. The summed E-state index contributed by atoms with van der Waals surface area (Å²) in [5, 5.41) is 0.195. The highest BCUT2D eigenvalue weighted by Gasteiger charge is 2.22. The minimum atomic E-state index is -3.57. The molecule has 1 N–H and O–H groups in total. The number of sulfonamides is 1. The van der Waals surface area contributed by atoms with E-state index < -0.39 is 15.6 Å². The molecular weight excluding hydrogens is 346 g/mol. The standard InChI is InChI=1S/C17H22ClN3O2S/c1-5-13-11-19-16(18)20-15(13)10-12-7-6-8-14(9-12)24(22,23)21-17(2,3)4/h6-9,11,21H,5,10H2,1-4H3. The van der Waals surface area contributed by atoms with E-state index in [0.29, 0.717) is 6.42 Å². The second-order valence-electron chi connectivity index (χ2n) is 6.64. The Balaban J connectivity index is 2.34. The van der Waals surface area contributed by atoms with E-state index >= 15 is 0 Å². The molecule has 2 rings (SSSR count). The summed E-state index contributed by atoms with van der Waals surface area (Å²) >= 11 is 5.89. The van der Waals surface area contributed by atoms with E-state index in [2.05, 4.69) is 14.7 Å². The highest BCUT2D eigenvalue weighted by atomic mass is 35.5. The Kier molecular flexibility index (Phi) is 5.63. The molecule has 1 heterocycles. The Morgan fingerprint density at radius 2 is 1.96 bits per heavy atom. The maximum absolute atomic E-state index is 12.5. The van der Waals surface area contributed by atoms with Crippen LogP contribution in [0, 0.1) is 0 Å². The maximum atomic E-state index is 12.5. The molecule has 0 bridgehead atoms. The third kappa shape index (κ3) is 5.00. The van der Waals surface area contributed by atoms with E-state index in [9.17, 15) is 8.42 Å². The summed E-state index contributed by atoms with van der Waals surface area (Å²) in [6, 6.07) is 6.88. The molecule has 1 aromatic carbocycles. The van der Waals surface area contributed by atoms with Gasteiger partial charge >= 0.3 is 0 Å². The number of hydrogen-bond donors (Lipinski definition) is 1. The summed E-state index contributed by atoms with van der Waals surface area (Å²) in [5.74, 6) is 0. The number of benzene rings is 1. The molecular formula is C17H22ClN3O2S. The predicted octanol–water partition coefficient (Wildman–Crippen LogP) is 3.36. The molecule has 0 amide bonds. The van der Waals surface area contributed by atoms with Gasteiger partial charge in [-0.1, -0.05) is 19.1 Å². The van der Waals surface area contributed by atoms with Crippen LogP contribution in [0.5, 0.6) is 0 Å². The van der Waals surface area contributed by atoms with Crippen molar-refractivity contribution in [1.82, 2.24) is 14.7 Å². The molecule has 0 aliphatic rings. The number of rotatable bonds is 5. The van der Waals surface area contributed by atoms with Gasteiger partial charge in [0.2, 0.25) is 15.3 Å². The highest BCUT2D eigenvalue weighted by Crippen LogP contribution is 2.18. The second-order valence-corrected chi connectivity index (χ2v) is 8.66. The van der Waals surface area contributed by atoms with Crippen LogP contribution in [0.1, 0.15) is 44.5 Å². The lowest BCUT2D eigenvalue weighted by Crippen LogP contribution is -2.40. The van der Waals surface area contributed by atoms with Crippen molar-refractivity contribution >= 4 is 21.6 Å². The molecule has 7 heteroatoms. The van der Waals surface area contributed by atoms with Crippen LogP contribution in [0.3, 0.4) is 0 Å². The zero-order valence-corrected chi connectivity index (χ0v) is 15.9. The largest absolute Gasteiger partial charge is 0.241 e. The first-order valence-corrected chi connectivity index (χ1v) is 9.60. The van der Waals surface area contributed by atoms with Gasteiger partial charge in [0.15, 0.2) is 0 Å². The maximum Gasteiger partial charge on any atom is 0.241 e. The lowest BCUT2D eigenvalue weighted by atomic mass is 10.1. The topological polar surface area (TPSA) is 72.0 Å². The summed E-state index contributed by atoms with van der Waals surface area (Å²) in [6.07, 6.45) is 3.01. The molecule has 0 saturated carbocycles. The van der Waals surface area contributed by atoms with Crippen molar-refractivity contribution in [2.75, 3.05) is 0 Å². The Morgan fingerprint density at radius 3 is 2.58 bits per heavy atom. The van der Waals surface area contributed by atoms with Crippen LogP contribution in [0.4, 0.5) is 0 Å². The van der Waals surface area contributed by atoms with Crippen LogP contribution in [0.15, 0.2) is 35.4 Å². The minimum absolute atomic E-state index is 0.195. The molecule has 0 atom stereocenters. The molecule has 0 aliphatic heterocycles. The molecule has 0 saturated heterocycles. The Bertz CT molecular complexity index is 830. The number of aryl methyl sites for hydroxylation is 1. The lowest BCUT2D eigenvalue weighted by Gasteiger charge is -2.20. The van der Waals surface area contributed by atoms with Crippen molar-refractivity contribution in [3.05, 3.63) is 52.6 Å². The molecule has 2 aromatic rings. The van der Waals surface area contributed by atoms with E-state index in [1.807, 2.05) is 33.8 Å². The average molecular weight is 368 g/mol. The zero-order valence-electron chi connectivity index (χ0n) is 14.3. The van der Waals surface area contributed by atoms with Crippen LogP contribution in [0.2, 0.25) is 5.28 Å². The van der Waals surface area contributed by atoms with E-state index in [1.165, 1.54) is 0 Å². The molecule has 130 valence electrons. The van der Waals surface area contributed by atoms with E-state index in [1.54, 1.807) is 24.4 Å². The van der Waals surface area contributed by atoms with Gasteiger partial charge in [0, 0.05) is 18.2 Å². The Hall–Kier alpha value is -1.50. The second kappa shape index (κ2) is 7.17. The van der Waals surface area contributed by atoms with E-state index in [0.717, 1.165) is 23.2 Å². The third-order valence-corrected chi connectivity index (χ3v) is 5.26. The number of aromatic nitrogens is 2. The molecule has 0 spiro atoms. The Labute approximate surface area is 148 Å². The van der Waals surface area contributed by atoms with Crippen molar-refractivity contribution in [3.63, 3.8) is 0 Å². The molecule has 0 unspecified atom stereocenters. The molecule has 5 nitrogen and oxygen atoms in total. The minimum Gasteiger partial charge on any atom is -0.226 e. The van der Waals surface area contributed by atoms with Crippen LogP contribution < -0.4 is 4.72 Å². The summed E-state index contributed by atoms with van der Waals surface area (Å²) < 4.78 is 27.6. The van der Waals surface area contributed by atoms with Crippen LogP contribution >= 0.6 is 11.6 Å². The van der Waals surface area contributed by atoms with Crippen molar-refractivity contribution < 1.29 is 8.42 Å². The fourth-order valence-electron chi connectivity index (χ4n) is 2.34. The average Bonchev–Trinajstić information content (AvgIpc) is 2.45. The normalized spacial score (nSPS) is 12.4. The van der Waals surface area contributed by atoms with Gasteiger partial charge in [-0.25, -0.2) is 23.1 Å². The smallest absolute Gasteiger partial charge is 0.226 e. The van der Waals surface area contributed by atoms with Gasteiger partial charge in [-0.2, -0.15) is 0 Å². The number of nitrogens with one attached hydrogen (secondary N) is 1. The number of halogens is 1. The fourth-order valence-corrected chi connectivity index (χ4v) is 3.98. The van der Waals surface area contributed by atoms with Gasteiger partial charge in [-0.15, -0.1) is 0 Å². The summed E-state index contributed by atoms with van der Waals surface area (Å²) in [7, 11) is -3.57. The summed E-state index contributed by atoms with van der Waals surface area (Å²) in [5.41, 5.74) is 2.14. The SMILES string of the molecule is CCc1cnc(Cl)nc1Cc1cccc(S(=O)(=O)NC(C)(C)C)c1. The Morgan fingerprint density at radius 1 is 1.25 bits per heavy atom. The van der Waals surface area contributed by atoms with E-state index in [-0.39, 0.29) is 10.2 Å². The molecule has 0 radical (unpaired) electrons. The lowest BCUT2D eigenvalue weighted by molar-refractivity contribution is 0.491. The van der Waals surface area contributed by atoms with Gasteiger partial charge in [0.25, 0.3) is 0 Å². The van der Waals surface area contributed by atoms with Gasteiger partial charge in [-0.05, 0) is 62.1 Å². The predicted molar refractivity (Wildman–Crippen MR) is 95.7 cm³/mol. The van der Waals surface area contributed by atoms with Crippen LogP contribution in [0.25, 0.3) is 0 Å². The summed E-state index contributed by atoms with van der Waals surface area (Å²) in [6.45, 7) is 7.45. The summed E-state index contributed by atoms with van der Waals surface area (Å²) in [4.78, 5) is 8.52. The van der Waals surface area contributed by atoms with Gasteiger partial charge in [0.1, 0.15) is 0 Å². The first-order valence-electron chi connectivity index (χ1n) is 7.74. The van der Waals surface area contributed by atoms with Crippen molar-refractivity contribution in [3.8, 4) is 0 Å². The van der Waals surface area contributed by atoms with Crippen molar-refractivity contribution in [1.29, 1.82) is 0 Å². The first kappa shape index (κ1) is 18.8. The van der Waals surface area contributed by atoms with Crippen molar-refractivity contribution in [2.45, 2.75) is 51.0 Å².